The van der Waals surface area contributed by atoms with Crippen LogP contribution in [0.2, 0.25) is 0 Å². The zero-order valence-electron chi connectivity index (χ0n) is 7.17. The second-order valence-electron chi connectivity index (χ2n) is 2.29. The summed E-state index contributed by atoms with van der Waals surface area (Å²) < 4.78 is 1.76. The standard InChI is InChI=1S/C9H12N3P/c10-5-1-3-9(4-8-13)12-7-2-6-11-12/h1-8H,10,13H2/b5-1+,8-4+,9-3+. The highest BCUT2D eigenvalue weighted by Gasteiger charge is 1.92. The van der Waals surface area contributed by atoms with Gasteiger partial charge < -0.3 is 5.73 Å². The summed E-state index contributed by atoms with van der Waals surface area (Å²) >= 11 is 0. The molecule has 0 spiro atoms. The third-order valence-electron chi connectivity index (χ3n) is 1.41. The van der Waals surface area contributed by atoms with Crippen molar-refractivity contribution in [2.24, 2.45) is 5.73 Å². The lowest BCUT2D eigenvalue weighted by molar-refractivity contribution is 0.910. The SMILES string of the molecule is N/C=C/C=C(\C=C\P)n1cccn1. The minimum atomic E-state index is 0.960. The van der Waals surface area contributed by atoms with E-state index in [0.717, 1.165) is 5.70 Å². The van der Waals surface area contributed by atoms with E-state index < -0.39 is 0 Å². The number of nitrogens with two attached hydrogens (primary N) is 1. The number of nitrogens with zero attached hydrogens (tertiary/aromatic N) is 2. The van der Waals surface area contributed by atoms with E-state index in [0.29, 0.717) is 0 Å². The Balaban J connectivity index is 2.93. The summed E-state index contributed by atoms with van der Waals surface area (Å²) in [6, 6.07) is 1.87. The Morgan fingerprint density at radius 3 is 2.92 bits per heavy atom. The highest BCUT2D eigenvalue weighted by molar-refractivity contribution is 7.20. The van der Waals surface area contributed by atoms with Crippen molar-refractivity contribution in [3.8, 4) is 0 Å². The quantitative estimate of drug-likeness (QED) is 0.585. The molecule has 68 valence electrons. The molecule has 1 aromatic rings. The van der Waals surface area contributed by atoms with Crippen molar-refractivity contribution in [3.63, 3.8) is 0 Å². The number of hydrogen-bond acceptors (Lipinski definition) is 2. The van der Waals surface area contributed by atoms with Gasteiger partial charge in [0, 0.05) is 12.4 Å². The first-order valence-corrected chi connectivity index (χ1v) is 4.52. The molecule has 2 N–H and O–H groups in total. The van der Waals surface area contributed by atoms with Crippen LogP contribution in [0.1, 0.15) is 0 Å². The molecule has 1 heterocycles. The fourth-order valence-electron chi connectivity index (χ4n) is 0.883. The Morgan fingerprint density at radius 2 is 2.38 bits per heavy atom. The van der Waals surface area contributed by atoms with Gasteiger partial charge in [-0.3, -0.25) is 0 Å². The first-order valence-electron chi connectivity index (χ1n) is 3.85. The lowest BCUT2D eigenvalue weighted by atomic mass is 10.4. The van der Waals surface area contributed by atoms with Crippen molar-refractivity contribution >= 4 is 14.9 Å². The van der Waals surface area contributed by atoms with Crippen LogP contribution in [0.25, 0.3) is 5.70 Å². The Kier molecular flexibility index (Phi) is 4.00. The molecule has 0 aliphatic rings. The van der Waals surface area contributed by atoms with Gasteiger partial charge in [0.15, 0.2) is 0 Å². The summed E-state index contributed by atoms with van der Waals surface area (Å²) in [6.45, 7) is 0. The Hall–Kier alpha value is -1.34. The van der Waals surface area contributed by atoms with Crippen LogP contribution in [-0.2, 0) is 0 Å². The molecule has 1 rings (SSSR count). The van der Waals surface area contributed by atoms with Crippen LogP contribution in [0, 0.1) is 0 Å². The first kappa shape index (κ1) is 9.75. The van der Waals surface area contributed by atoms with Crippen LogP contribution in [-0.4, -0.2) is 9.78 Å². The van der Waals surface area contributed by atoms with Gasteiger partial charge in [-0.1, -0.05) is 5.82 Å². The first-order chi connectivity index (χ1) is 6.38. The minimum absolute atomic E-state index is 0.960. The van der Waals surface area contributed by atoms with Crippen LogP contribution in [0.3, 0.4) is 0 Å². The molecule has 1 atom stereocenters. The summed E-state index contributed by atoms with van der Waals surface area (Å²) in [5.41, 5.74) is 6.20. The molecule has 0 amide bonds. The molecule has 0 aliphatic carbocycles. The highest BCUT2D eigenvalue weighted by atomic mass is 31.0. The monoisotopic (exact) mass is 193 g/mol. The van der Waals surface area contributed by atoms with Gasteiger partial charge in [0.2, 0.25) is 0 Å². The van der Waals surface area contributed by atoms with E-state index in [4.69, 9.17) is 5.73 Å². The Bertz CT molecular complexity index is 323. The molecule has 4 heteroatoms. The van der Waals surface area contributed by atoms with Crippen LogP contribution in [0.15, 0.2) is 48.7 Å². The average molecular weight is 193 g/mol. The molecule has 1 aromatic heterocycles. The van der Waals surface area contributed by atoms with E-state index in [1.54, 1.807) is 17.0 Å². The number of allylic oxidation sites excluding steroid dienone is 4. The van der Waals surface area contributed by atoms with Crippen molar-refractivity contribution in [2.75, 3.05) is 0 Å². The third kappa shape index (κ3) is 2.88. The molecule has 0 saturated heterocycles. The zero-order valence-corrected chi connectivity index (χ0v) is 8.32. The van der Waals surface area contributed by atoms with Crippen LogP contribution in [0.4, 0.5) is 0 Å². The second kappa shape index (κ2) is 5.33. The summed E-state index contributed by atoms with van der Waals surface area (Å²) in [6.07, 6.45) is 10.7. The number of hydrogen-bond donors (Lipinski definition) is 1. The van der Waals surface area contributed by atoms with Crippen molar-refractivity contribution in [3.05, 3.63) is 48.7 Å². The van der Waals surface area contributed by atoms with Gasteiger partial charge >= 0.3 is 0 Å². The minimum Gasteiger partial charge on any atom is -0.405 e. The molecule has 13 heavy (non-hydrogen) atoms. The van der Waals surface area contributed by atoms with Crippen molar-refractivity contribution in [1.82, 2.24) is 9.78 Å². The molecule has 0 radical (unpaired) electrons. The van der Waals surface area contributed by atoms with E-state index in [2.05, 4.69) is 14.3 Å². The lowest BCUT2D eigenvalue weighted by Crippen LogP contribution is -1.93. The van der Waals surface area contributed by atoms with E-state index in [1.807, 2.05) is 30.2 Å². The van der Waals surface area contributed by atoms with Gasteiger partial charge in [0.05, 0.1) is 5.70 Å². The molecule has 0 fully saturated rings. The third-order valence-corrected chi connectivity index (χ3v) is 1.61. The number of aromatic nitrogens is 2. The molecular formula is C9H12N3P. The second-order valence-corrected chi connectivity index (χ2v) is 2.67. The fraction of sp³-hybridized carbons (Fsp3) is 0. The van der Waals surface area contributed by atoms with Gasteiger partial charge in [-0.25, -0.2) is 4.68 Å². The van der Waals surface area contributed by atoms with Crippen molar-refractivity contribution < 1.29 is 0 Å². The van der Waals surface area contributed by atoms with E-state index >= 15 is 0 Å². The Labute approximate surface area is 79.8 Å². The maximum atomic E-state index is 5.24. The highest BCUT2D eigenvalue weighted by Crippen LogP contribution is 2.05. The summed E-state index contributed by atoms with van der Waals surface area (Å²) in [5, 5.41) is 4.10. The number of rotatable bonds is 3. The summed E-state index contributed by atoms with van der Waals surface area (Å²) in [7, 11) is 2.52. The molecular weight excluding hydrogens is 181 g/mol. The van der Waals surface area contributed by atoms with Gasteiger partial charge in [-0.15, -0.1) is 9.24 Å². The van der Waals surface area contributed by atoms with Gasteiger partial charge in [-0.05, 0) is 30.5 Å². The topological polar surface area (TPSA) is 43.8 Å². The zero-order chi connectivity index (χ0) is 9.52. The predicted molar refractivity (Wildman–Crippen MR) is 58.7 cm³/mol. The lowest BCUT2D eigenvalue weighted by Gasteiger charge is -1.99. The molecule has 0 aromatic carbocycles. The molecule has 3 nitrogen and oxygen atoms in total. The molecule has 0 aliphatic heterocycles. The summed E-state index contributed by atoms with van der Waals surface area (Å²) in [5.74, 6) is 1.87. The van der Waals surface area contributed by atoms with Crippen molar-refractivity contribution in [1.29, 1.82) is 0 Å². The summed E-state index contributed by atoms with van der Waals surface area (Å²) in [4.78, 5) is 0. The van der Waals surface area contributed by atoms with Crippen LogP contribution >= 0.6 is 9.24 Å². The molecule has 1 unspecified atom stereocenters. The molecule has 0 bridgehead atoms. The Morgan fingerprint density at radius 1 is 1.54 bits per heavy atom. The smallest absolute Gasteiger partial charge is 0.0646 e. The maximum absolute atomic E-state index is 5.24. The maximum Gasteiger partial charge on any atom is 0.0646 e. The average Bonchev–Trinajstić information content (AvgIpc) is 2.65. The predicted octanol–water partition coefficient (Wildman–Crippen LogP) is 1.59. The van der Waals surface area contributed by atoms with E-state index in [1.165, 1.54) is 6.20 Å². The van der Waals surface area contributed by atoms with Crippen LogP contribution in [0.5, 0.6) is 0 Å². The van der Waals surface area contributed by atoms with Crippen LogP contribution < -0.4 is 5.73 Å². The normalized spacial score (nSPS) is 13.2. The molecule has 0 saturated carbocycles. The fourth-order valence-corrected chi connectivity index (χ4v) is 1.08. The largest absolute Gasteiger partial charge is 0.405 e. The van der Waals surface area contributed by atoms with Gasteiger partial charge in [0.1, 0.15) is 0 Å². The van der Waals surface area contributed by atoms with Gasteiger partial charge in [0.25, 0.3) is 0 Å². The van der Waals surface area contributed by atoms with E-state index in [9.17, 15) is 0 Å². The van der Waals surface area contributed by atoms with Crippen molar-refractivity contribution in [2.45, 2.75) is 0 Å². The van der Waals surface area contributed by atoms with Gasteiger partial charge in [-0.2, -0.15) is 5.10 Å². The van der Waals surface area contributed by atoms with E-state index in [-0.39, 0.29) is 0 Å².